The number of imidazole rings is 1. The van der Waals surface area contributed by atoms with Crippen molar-refractivity contribution in [3.05, 3.63) is 66.0 Å². The second-order valence-electron chi connectivity index (χ2n) is 6.45. The number of carbonyl (C=O) groups is 1. The molecule has 2 aromatic carbocycles. The third-order valence-electron chi connectivity index (χ3n) is 4.87. The molecule has 1 fully saturated rings. The summed E-state index contributed by atoms with van der Waals surface area (Å²) in [5.74, 6) is 0.327. The van der Waals surface area contributed by atoms with Gasteiger partial charge in [0.2, 0.25) is 0 Å². The molecule has 0 saturated carbocycles. The predicted molar refractivity (Wildman–Crippen MR) is 96.3 cm³/mol. The molecule has 5 heteroatoms. The standard InChI is InChI=1S/C20H21N3O2/c24-20(16-6-7-17-18(12-16)22-13-21-17)23-19(14-4-2-1-3-5-14)15-8-10-25-11-9-15/h1-7,12-13,15,19H,8-11H2,(H,21,22)(H,23,24). The predicted octanol–water partition coefficient (Wildman–Crippen LogP) is 3.46. The summed E-state index contributed by atoms with van der Waals surface area (Å²) in [6.45, 7) is 1.51. The molecule has 5 nitrogen and oxygen atoms in total. The molecule has 0 bridgehead atoms. The van der Waals surface area contributed by atoms with Crippen LogP contribution in [0.3, 0.4) is 0 Å². The second kappa shape index (κ2) is 7.07. The molecule has 0 aliphatic carbocycles. The summed E-state index contributed by atoms with van der Waals surface area (Å²) >= 11 is 0. The van der Waals surface area contributed by atoms with Gasteiger partial charge in [-0.3, -0.25) is 4.79 Å². The lowest BCUT2D eigenvalue weighted by atomic mass is 9.87. The fourth-order valence-corrected chi connectivity index (χ4v) is 3.48. The molecule has 1 unspecified atom stereocenters. The van der Waals surface area contributed by atoms with Crippen LogP contribution in [0.25, 0.3) is 11.0 Å². The molecule has 2 heterocycles. The van der Waals surface area contributed by atoms with Crippen molar-refractivity contribution < 1.29 is 9.53 Å². The Balaban J connectivity index is 1.59. The third kappa shape index (κ3) is 3.42. The summed E-state index contributed by atoms with van der Waals surface area (Å²) in [6.07, 6.45) is 3.56. The Kier molecular flexibility index (Phi) is 4.48. The van der Waals surface area contributed by atoms with Gasteiger partial charge in [0.1, 0.15) is 0 Å². The molecule has 1 aliphatic rings. The van der Waals surface area contributed by atoms with Crippen LogP contribution < -0.4 is 5.32 Å². The monoisotopic (exact) mass is 335 g/mol. The quantitative estimate of drug-likeness (QED) is 0.767. The molecule has 1 atom stereocenters. The summed E-state index contributed by atoms with van der Waals surface area (Å²) in [6, 6.07) is 15.7. The first-order valence-electron chi connectivity index (χ1n) is 8.68. The summed E-state index contributed by atoms with van der Waals surface area (Å²) < 4.78 is 5.49. The smallest absolute Gasteiger partial charge is 0.251 e. The van der Waals surface area contributed by atoms with Crippen molar-refractivity contribution in [1.29, 1.82) is 0 Å². The molecule has 128 valence electrons. The number of hydrogen-bond donors (Lipinski definition) is 2. The summed E-state index contributed by atoms with van der Waals surface area (Å²) in [7, 11) is 0. The van der Waals surface area contributed by atoms with Crippen LogP contribution >= 0.6 is 0 Å². The Morgan fingerprint density at radius 3 is 2.76 bits per heavy atom. The molecular weight excluding hydrogens is 314 g/mol. The lowest BCUT2D eigenvalue weighted by Crippen LogP contribution is -2.36. The van der Waals surface area contributed by atoms with Gasteiger partial charge in [-0.05, 0) is 42.5 Å². The van der Waals surface area contributed by atoms with Gasteiger partial charge in [-0.2, -0.15) is 0 Å². The van der Waals surface area contributed by atoms with E-state index in [1.807, 2.05) is 36.4 Å². The van der Waals surface area contributed by atoms with Crippen molar-refractivity contribution in [3.63, 3.8) is 0 Å². The maximum Gasteiger partial charge on any atom is 0.251 e. The first-order chi connectivity index (χ1) is 12.3. The zero-order valence-electron chi connectivity index (χ0n) is 13.9. The molecule has 2 N–H and O–H groups in total. The normalized spacial score (nSPS) is 16.6. The number of H-pyrrole nitrogens is 1. The van der Waals surface area contributed by atoms with E-state index in [2.05, 4.69) is 27.4 Å². The maximum absolute atomic E-state index is 12.9. The molecule has 1 aromatic heterocycles. The minimum atomic E-state index is -0.0585. The van der Waals surface area contributed by atoms with Gasteiger partial charge in [0, 0.05) is 18.8 Å². The fourth-order valence-electron chi connectivity index (χ4n) is 3.48. The van der Waals surface area contributed by atoms with Crippen molar-refractivity contribution >= 4 is 16.9 Å². The van der Waals surface area contributed by atoms with E-state index in [1.165, 1.54) is 0 Å². The lowest BCUT2D eigenvalue weighted by Gasteiger charge is -2.31. The van der Waals surface area contributed by atoms with E-state index < -0.39 is 0 Å². The van der Waals surface area contributed by atoms with E-state index in [4.69, 9.17) is 4.74 Å². The number of carbonyl (C=O) groups excluding carboxylic acids is 1. The van der Waals surface area contributed by atoms with E-state index in [9.17, 15) is 4.79 Å². The van der Waals surface area contributed by atoms with Crippen LogP contribution in [0.1, 0.15) is 34.8 Å². The van der Waals surface area contributed by atoms with Crippen LogP contribution in [0.5, 0.6) is 0 Å². The van der Waals surface area contributed by atoms with Gasteiger partial charge in [0.05, 0.1) is 23.4 Å². The van der Waals surface area contributed by atoms with Crippen molar-refractivity contribution in [2.45, 2.75) is 18.9 Å². The van der Waals surface area contributed by atoms with E-state index in [1.54, 1.807) is 6.33 Å². The second-order valence-corrected chi connectivity index (χ2v) is 6.45. The minimum absolute atomic E-state index is 0.00457. The molecule has 3 aromatic rings. The zero-order valence-corrected chi connectivity index (χ0v) is 13.9. The lowest BCUT2D eigenvalue weighted by molar-refractivity contribution is 0.0514. The Hall–Kier alpha value is -2.66. The van der Waals surface area contributed by atoms with Gasteiger partial charge in [-0.1, -0.05) is 30.3 Å². The highest BCUT2D eigenvalue weighted by molar-refractivity contribution is 5.97. The van der Waals surface area contributed by atoms with Crippen LogP contribution in [-0.4, -0.2) is 29.1 Å². The number of aromatic amines is 1. The third-order valence-corrected chi connectivity index (χ3v) is 4.87. The number of ether oxygens (including phenoxy) is 1. The number of amides is 1. The molecule has 0 radical (unpaired) electrons. The highest BCUT2D eigenvalue weighted by Gasteiger charge is 2.27. The molecule has 25 heavy (non-hydrogen) atoms. The molecule has 1 amide bonds. The van der Waals surface area contributed by atoms with Gasteiger partial charge in [-0.25, -0.2) is 4.98 Å². The number of benzene rings is 2. The van der Waals surface area contributed by atoms with Crippen LogP contribution in [0.2, 0.25) is 0 Å². The number of fused-ring (bicyclic) bond motifs is 1. The van der Waals surface area contributed by atoms with Crippen LogP contribution in [0, 0.1) is 5.92 Å². The molecule has 1 saturated heterocycles. The summed E-state index contributed by atoms with van der Waals surface area (Å²) in [4.78, 5) is 20.1. The largest absolute Gasteiger partial charge is 0.381 e. The molecule has 0 spiro atoms. The van der Waals surface area contributed by atoms with Crippen LogP contribution in [0.4, 0.5) is 0 Å². The zero-order chi connectivity index (χ0) is 17.1. The highest BCUT2D eigenvalue weighted by atomic mass is 16.5. The Morgan fingerprint density at radius 2 is 1.96 bits per heavy atom. The van der Waals surface area contributed by atoms with E-state index in [0.717, 1.165) is 42.7 Å². The number of nitrogens with one attached hydrogen (secondary N) is 2. The Morgan fingerprint density at radius 1 is 1.16 bits per heavy atom. The van der Waals surface area contributed by atoms with Crippen molar-refractivity contribution in [2.24, 2.45) is 5.92 Å². The number of hydrogen-bond acceptors (Lipinski definition) is 3. The van der Waals surface area contributed by atoms with E-state index in [-0.39, 0.29) is 11.9 Å². The summed E-state index contributed by atoms with van der Waals surface area (Å²) in [5.41, 5.74) is 3.52. The maximum atomic E-state index is 12.9. The highest BCUT2D eigenvalue weighted by Crippen LogP contribution is 2.30. The first kappa shape index (κ1) is 15.8. The van der Waals surface area contributed by atoms with Gasteiger partial charge < -0.3 is 15.0 Å². The average molecular weight is 335 g/mol. The fraction of sp³-hybridized carbons (Fsp3) is 0.300. The summed E-state index contributed by atoms with van der Waals surface area (Å²) in [5, 5.41) is 3.25. The first-order valence-corrected chi connectivity index (χ1v) is 8.68. The minimum Gasteiger partial charge on any atom is -0.381 e. The SMILES string of the molecule is O=C(NC(c1ccccc1)C1CCOCC1)c1ccc2nc[nH]c2c1. The Bertz CT molecular complexity index is 854. The van der Waals surface area contributed by atoms with Gasteiger partial charge in [-0.15, -0.1) is 0 Å². The van der Waals surface area contributed by atoms with Crippen LogP contribution in [0.15, 0.2) is 54.9 Å². The topological polar surface area (TPSA) is 67.0 Å². The van der Waals surface area contributed by atoms with Gasteiger partial charge >= 0.3 is 0 Å². The number of rotatable bonds is 4. The Labute approximate surface area is 146 Å². The van der Waals surface area contributed by atoms with Gasteiger partial charge in [0.25, 0.3) is 5.91 Å². The van der Waals surface area contributed by atoms with Crippen molar-refractivity contribution in [1.82, 2.24) is 15.3 Å². The number of aromatic nitrogens is 2. The number of nitrogens with zero attached hydrogens (tertiary/aromatic N) is 1. The molecule has 1 aliphatic heterocycles. The van der Waals surface area contributed by atoms with Crippen LogP contribution in [-0.2, 0) is 4.74 Å². The van der Waals surface area contributed by atoms with Crippen molar-refractivity contribution in [2.75, 3.05) is 13.2 Å². The molecule has 4 rings (SSSR count). The average Bonchev–Trinajstić information content (AvgIpc) is 3.15. The molecular formula is C20H21N3O2. The van der Waals surface area contributed by atoms with Crippen molar-refractivity contribution in [3.8, 4) is 0 Å². The van der Waals surface area contributed by atoms with Gasteiger partial charge in [0.15, 0.2) is 0 Å². The van der Waals surface area contributed by atoms with E-state index >= 15 is 0 Å². The van der Waals surface area contributed by atoms with E-state index in [0.29, 0.717) is 11.5 Å².